The third-order valence-electron chi connectivity index (χ3n) is 8.73. The predicted octanol–water partition coefficient (Wildman–Crippen LogP) is 4.96. The van der Waals surface area contributed by atoms with E-state index in [4.69, 9.17) is 23.4 Å². The molecule has 4 aromatic rings. The smallest absolute Gasteiger partial charge is 0.254 e. The zero-order chi connectivity index (χ0) is 30.2. The van der Waals surface area contributed by atoms with Gasteiger partial charge < -0.3 is 33.4 Å². The van der Waals surface area contributed by atoms with Crippen molar-refractivity contribution in [2.24, 2.45) is 0 Å². The molecule has 10 heteroatoms. The van der Waals surface area contributed by atoms with Crippen LogP contribution in [0.4, 0.5) is 0 Å². The number of pyridine rings is 1. The zero-order valence-corrected chi connectivity index (χ0v) is 24.4. The van der Waals surface area contributed by atoms with Gasteiger partial charge in [0.25, 0.3) is 5.91 Å². The average Bonchev–Trinajstić information content (AvgIpc) is 3.49. The Kier molecular flexibility index (Phi) is 7.68. The molecule has 3 fully saturated rings. The molecular weight excluding hydrogens is 562 g/mol. The second kappa shape index (κ2) is 11.9. The average molecular weight is 596 g/mol. The highest BCUT2D eigenvalue weighted by Gasteiger charge is 2.41. The number of hydrogen-bond acceptors (Lipinski definition) is 9. The van der Waals surface area contributed by atoms with E-state index in [1.807, 2.05) is 41.3 Å². The Morgan fingerprint density at radius 3 is 2.55 bits per heavy atom. The van der Waals surface area contributed by atoms with E-state index in [2.05, 4.69) is 11.1 Å². The molecule has 0 saturated carbocycles. The first-order chi connectivity index (χ1) is 21.5. The summed E-state index contributed by atoms with van der Waals surface area (Å²) in [6, 6.07) is 16.6. The molecular formula is C34H33N3O7. The summed E-state index contributed by atoms with van der Waals surface area (Å²) < 4.78 is 29.3. The summed E-state index contributed by atoms with van der Waals surface area (Å²) in [5.41, 5.74) is 4.47. The number of fused-ring (bicyclic) bond motifs is 3. The first kappa shape index (κ1) is 28.3. The number of benzene rings is 2. The monoisotopic (exact) mass is 595 g/mol. The number of carbonyl (C=O) groups is 1. The fraction of sp³-hybridized carbons (Fsp3) is 0.382. The number of methoxy groups -OCH3 is 1. The Bertz CT molecular complexity index is 1720. The van der Waals surface area contributed by atoms with Crippen molar-refractivity contribution in [1.29, 1.82) is 5.26 Å². The number of hydrogen-bond donors (Lipinski definition) is 1. The quantitative estimate of drug-likeness (QED) is 0.329. The van der Waals surface area contributed by atoms with Crippen LogP contribution in [0.1, 0.15) is 41.6 Å². The van der Waals surface area contributed by atoms with Crippen molar-refractivity contribution in [1.82, 2.24) is 9.88 Å². The summed E-state index contributed by atoms with van der Waals surface area (Å²) in [4.78, 5) is 20.0. The van der Waals surface area contributed by atoms with Crippen LogP contribution in [-0.4, -0.2) is 78.7 Å². The van der Waals surface area contributed by atoms with Gasteiger partial charge in [-0.05, 0) is 54.8 Å². The second-order valence-electron chi connectivity index (χ2n) is 11.5. The standard InChI is InChI=1S/C34H33N3O7/c1-40-31-13-21(34(39)37-23-14-25(38)15-24(37)19-42-18-23)2-4-28(31)32-16-29-33(44-32)27(6-9-36-29)20-3-5-30(22(12-20)17-35)43-26-7-10-41-11-8-26/h2-6,9,12-13,16,23-26,38H,7-8,10-11,14-15,18-19H2,1H3. The van der Waals surface area contributed by atoms with Crippen molar-refractivity contribution in [2.45, 2.75) is 50.0 Å². The van der Waals surface area contributed by atoms with Gasteiger partial charge in [-0.15, -0.1) is 0 Å². The molecule has 10 nitrogen and oxygen atoms in total. The van der Waals surface area contributed by atoms with Gasteiger partial charge in [0, 0.05) is 36.2 Å². The van der Waals surface area contributed by atoms with E-state index in [1.165, 1.54) is 0 Å². The molecule has 1 N–H and O–H groups in total. The number of morpholine rings is 1. The summed E-state index contributed by atoms with van der Waals surface area (Å²) in [5, 5.41) is 20.1. The molecule has 3 saturated heterocycles. The number of nitrogens with zero attached hydrogens (tertiary/aromatic N) is 3. The molecule has 2 aromatic carbocycles. The number of furan rings is 1. The van der Waals surface area contributed by atoms with Crippen LogP contribution < -0.4 is 9.47 Å². The zero-order valence-electron chi connectivity index (χ0n) is 24.4. The van der Waals surface area contributed by atoms with E-state index in [9.17, 15) is 15.2 Å². The van der Waals surface area contributed by atoms with Gasteiger partial charge in [-0.2, -0.15) is 5.26 Å². The van der Waals surface area contributed by atoms with Crippen LogP contribution in [0.3, 0.4) is 0 Å². The van der Waals surface area contributed by atoms with Crippen molar-refractivity contribution in [3.8, 4) is 40.0 Å². The van der Waals surface area contributed by atoms with Crippen molar-refractivity contribution in [2.75, 3.05) is 33.5 Å². The molecule has 0 spiro atoms. The minimum absolute atomic E-state index is 0.0278. The lowest BCUT2D eigenvalue weighted by atomic mass is 9.91. The SMILES string of the molecule is COc1cc(C(=O)N2C3COCC2CC(O)C3)ccc1-c1cc2nccc(-c3ccc(OC4CCOCC4)c(C#N)c3)c2o1. The van der Waals surface area contributed by atoms with Crippen LogP contribution in [0, 0.1) is 11.3 Å². The maximum Gasteiger partial charge on any atom is 0.254 e. The number of carbonyl (C=O) groups excluding carboxylic acids is 1. The van der Waals surface area contributed by atoms with E-state index >= 15 is 0 Å². The van der Waals surface area contributed by atoms with Gasteiger partial charge in [-0.1, -0.05) is 6.07 Å². The number of aliphatic hydroxyl groups excluding tert-OH is 1. The number of nitriles is 1. The van der Waals surface area contributed by atoms with Gasteiger partial charge >= 0.3 is 0 Å². The number of ether oxygens (including phenoxy) is 4. The summed E-state index contributed by atoms with van der Waals surface area (Å²) in [6.45, 7) is 2.16. The summed E-state index contributed by atoms with van der Waals surface area (Å²) >= 11 is 0. The molecule has 5 heterocycles. The van der Waals surface area contributed by atoms with Crippen LogP contribution >= 0.6 is 0 Å². The third-order valence-corrected chi connectivity index (χ3v) is 8.73. The molecule has 2 atom stereocenters. The lowest BCUT2D eigenvalue weighted by molar-refractivity contribution is -0.0871. The number of aliphatic hydroxyl groups is 1. The molecule has 3 aliphatic heterocycles. The maximum atomic E-state index is 13.6. The van der Waals surface area contributed by atoms with E-state index < -0.39 is 6.10 Å². The highest BCUT2D eigenvalue weighted by atomic mass is 16.5. The molecule has 2 aromatic heterocycles. The summed E-state index contributed by atoms with van der Waals surface area (Å²) in [6.07, 6.45) is 3.93. The number of rotatable bonds is 6. The molecule has 2 unspecified atom stereocenters. The van der Waals surface area contributed by atoms with Crippen LogP contribution in [-0.2, 0) is 9.47 Å². The van der Waals surface area contributed by atoms with Gasteiger partial charge in [0.2, 0.25) is 0 Å². The van der Waals surface area contributed by atoms with Crippen molar-refractivity contribution < 1.29 is 33.3 Å². The van der Waals surface area contributed by atoms with Gasteiger partial charge in [0.15, 0.2) is 5.58 Å². The molecule has 7 rings (SSSR count). The highest BCUT2D eigenvalue weighted by molar-refractivity contribution is 5.97. The van der Waals surface area contributed by atoms with Gasteiger partial charge in [0.05, 0.1) is 62.9 Å². The Labute approximate surface area is 254 Å². The van der Waals surface area contributed by atoms with Crippen molar-refractivity contribution in [3.63, 3.8) is 0 Å². The van der Waals surface area contributed by atoms with Crippen LogP contribution in [0.2, 0.25) is 0 Å². The first-order valence-electron chi connectivity index (χ1n) is 15.0. The second-order valence-corrected chi connectivity index (χ2v) is 11.5. The van der Waals surface area contributed by atoms with Gasteiger partial charge in [-0.25, -0.2) is 0 Å². The largest absolute Gasteiger partial charge is 0.496 e. The maximum absolute atomic E-state index is 13.6. The molecule has 3 aliphatic rings. The van der Waals surface area contributed by atoms with E-state index in [1.54, 1.807) is 25.4 Å². The van der Waals surface area contributed by atoms with Gasteiger partial charge in [0.1, 0.15) is 34.9 Å². The molecule has 2 bridgehead atoms. The van der Waals surface area contributed by atoms with Crippen LogP contribution in [0.25, 0.3) is 33.6 Å². The van der Waals surface area contributed by atoms with Crippen LogP contribution in [0.5, 0.6) is 11.5 Å². The van der Waals surface area contributed by atoms with E-state index in [0.717, 1.165) is 24.0 Å². The Morgan fingerprint density at radius 2 is 1.80 bits per heavy atom. The Hall–Kier alpha value is -4.43. The lowest BCUT2D eigenvalue weighted by Crippen LogP contribution is -2.60. The molecule has 1 amide bonds. The highest BCUT2D eigenvalue weighted by Crippen LogP contribution is 2.39. The summed E-state index contributed by atoms with van der Waals surface area (Å²) in [5.74, 6) is 1.49. The number of piperidine rings is 1. The van der Waals surface area contributed by atoms with Crippen LogP contribution in [0.15, 0.2) is 59.1 Å². The molecule has 44 heavy (non-hydrogen) atoms. The fourth-order valence-electron chi connectivity index (χ4n) is 6.55. The Morgan fingerprint density at radius 1 is 1.00 bits per heavy atom. The first-order valence-corrected chi connectivity index (χ1v) is 15.0. The molecule has 0 radical (unpaired) electrons. The normalized spacial score (nSPS) is 22.0. The van der Waals surface area contributed by atoms with Crippen molar-refractivity contribution >= 4 is 17.0 Å². The molecule has 0 aliphatic carbocycles. The molecule has 226 valence electrons. The van der Waals surface area contributed by atoms with Gasteiger partial charge in [-0.3, -0.25) is 9.78 Å². The minimum atomic E-state index is -0.420. The fourth-order valence-corrected chi connectivity index (χ4v) is 6.55. The summed E-state index contributed by atoms with van der Waals surface area (Å²) in [7, 11) is 1.56. The Balaban J connectivity index is 1.18. The number of aromatic nitrogens is 1. The minimum Gasteiger partial charge on any atom is -0.496 e. The van der Waals surface area contributed by atoms with E-state index in [0.29, 0.717) is 84.3 Å². The predicted molar refractivity (Wildman–Crippen MR) is 160 cm³/mol. The van der Waals surface area contributed by atoms with Crippen molar-refractivity contribution in [3.05, 3.63) is 65.9 Å². The lowest BCUT2D eigenvalue weighted by Gasteiger charge is -2.47. The third kappa shape index (κ3) is 5.28. The topological polar surface area (TPSA) is 127 Å². The van der Waals surface area contributed by atoms with E-state index in [-0.39, 0.29) is 24.1 Å². The number of amides is 1.